The molecule has 1 aromatic carbocycles. The Hall–Kier alpha value is -1.95. The molecular formula is C23H29NO4S. The number of benzene rings is 1. The zero-order chi connectivity index (χ0) is 20.6. The summed E-state index contributed by atoms with van der Waals surface area (Å²) in [5.74, 6) is 1.29. The quantitative estimate of drug-likeness (QED) is 0.649. The van der Waals surface area contributed by atoms with E-state index in [4.69, 9.17) is 9.47 Å². The number of aryl methyl sites for hydroxylation is 1. The lowest BCUT2D eigenvalue weighted by molar-refractivity contribution is -0.155. The van der Waals surface area contributed by atoms with Gasteiger partial charge in [0.15, 0.2) is 0 Å². The van der Waals surface area contributed by atoms with E-state index in [0.29, 0.717) is 5.69 Å². The van der Waals surface area contributed by atoms with Crippen LogP contribution >= 0.6 is 11.8 Å². The van der Waals surface area contributed by atoms with E-state index in [1.54, 1.807) is 0 Å². The second-order valence-electron chi connectivity index (χ2n) is 8.94. The molecule has 5 nitrogen and oxygen atoms in total. The van der Waals surface area contributed by atoms with Gasteiger partial charge < -0.3 is 14.0 Å². The Kier molecular flexibility index (Phi) is 5.65. The van der Waals surface area contributed by atoms with Gasteiger partial charge in [-0.25, -0.2) is 0 Å². The van der Waals surface area contributed by atoms with Crippen molar-refractivity contribution in [1.29, 1.82) is 0 Å². The number of esters is 1. The van der Waals surface area contributed by atoms with Crippen LogP contribution in [0.5, 0.6) is 5.75 Å². The van der Waals surface area contributed by atoms with Crippen molar-refractivity contribution in [1.82, 2.24) is 4.57 Å². The van der Waals surface area contributed by atoms with Crippen LogP contribution in [0.4, 0.5) is 0 Å². The Morgan fingerprint density at radius 2 is 1.97 bits per heavy atom. The molecule has 2 aliphatic rings. The number of carbonyl (C=O) groups is 2. The summed E-state index contributed by atoms with van der Waals surface area (Å²) >= 11 is 1.32. The highest BCUT2D eigenvalue weighted by Crippen LogP contribution is 2.36. The van der Waals surface area contributed by atoms with E-state index < -0.39 is 5.60 Å². The summed E-state index contributed by atoms with van der Waals surface area (Å²) in [6, 6.07) is 6.00. The summed E-state index contributed by atoms with van der Waals surface area (Å²) in [6.45, 7) is 5.59. The van der Waals surface area contributed by atoms with Crippen molar-refractivity contribution in [2.75, 3.05) is 5.75 Å². The van der Waals surface area contributed by atoms with Crippen LogP contribution in [0, 0.1) is 0 Å². The zero-order valence-corrected chi connectivity index (χ0v) is 18.3. The number of nitrogens with zero attached hydrogens (tertiary/aromatic N) is 1. The Bertz CT molecular complexity index is 934. The lowest BCUT2D eigenvalue weighted by atomic mass is 9.98. The topological polar surface area (TPSA) is 57.5 Å². The third kappa shape index (κ3) is 4.47. The van der Waals surface area contributed by atoms with Crippen LogP contribution in [0.1, 0.15) is 68.9 Å². The monoisotopic (exact) mass is 415 g/mol. The van der Waals surface area contributed by atoms with E-state index >= 15 is 0 Å². The maximum atomic E-state index is 12.7. The van der Waals surface area contributed by atoms with Crippen molar-refractivity contribution in [2.45, 2.75) is 77.5 Å². The third-order valence-corrected chi connectivity index (χ3v) is 6.34. The molecule has 1 saturated carbocycles. The first-order chi connectivity index (χ1) is 13.8. The van der Waals surface area contributed by atoms with Crippen LogP contribution in [-0.2, 0) is 22.5 Å². The fraction of sp³-hybridized carbons (Fsp3) is 0.565. The van der Waals surface area contributed by atoms with Gasteiger partial charge >= 0.3 is 5.97 Å². The number of hydrogen-bond donors (Lipinski definition) is 0. The first-order valence-corrected chi connectivity index (χ1v) is 11.5. The van der Waals surface area contributed by atoms with Gasteiger partial charge in [-0.3, -0.25) is 9.59 Å². The predicted octanol–water partition coefficient (Wildman–Crippen LogP) is 5.12. The van der Waals surface area contributed by atoms with Crippen LogP contribution in [0.3, 0.4) is 0 Å². The van der Waals surface area contributed by atoms with Crippen LogP contribution in [0.25, 0.3) is 10.9 Å². The van der Waals surface area contributed by atoms with Crippen molar-refractivity contribution in [3.05, 3.63) is 29.5 Å². The van der Waals surface area contributed by atoms with Crippen LogP contribution in [0.15, 0.2) is 18.2 Å². The standard InChI is InChI=1S/C23H29NO4S/c1-23(2,3)28-20(25)14-24-19-10-9-16(27-15-7-5-4-6-8-15)13-18(19)17-11-12-29-22(26)21(17)24/h9-10,13,15H,4-8,11-12,14H2,1-3H3. The molecule has 1 aliphatic heterocycles. The molecular weight excluding hydrogens is 386 g/mol. The number of carbonyl (C=O) groups excluding carboxylic acids is 2. The highest BCUT2D eigenvalue weighted by Gasteiger charge is 2.29. The Morgan fingerprint density at radius 3 is 2.69 bits per heavy atom. The van der Waals surface area contributed by atoms with Gasteiger partial charge in [0, 0.05) is 16.7 Å². The van der Waals surface area contributed by atoms with E-state index in [1.165, 1.54) is 31.0 Å². The molecule has 0 atom stereocenters. The molecule has 4 rings (SSSR count). The molecule has 1 fully saturated rings. The maximum absolute atomic E-state index is 12.7. The zero-order valence-electron chi connectivity index (χ0n) is 17.5. The fourth-order valence-electron chi connectivity index (χ4n) is 4.32. The summed E-state index contributed by atoms with van der Waals surface area (Å²) in [5, 5.41) is 1.05. The Balaban J connectivity index is 1.69. The highest BCUT2D eigenvalue weighted by atomic mass is 32.2. The molecule has 0 unspecified atom stereocenters. The summed E-state index contributed by atoms with van der Waals surface area (Å²) in [5.41, 5.74) is 2.01. The minimum Gasteiger partial charge on any atom is -0.490 e. The molecule has 0 radical (unpaired) electrons. The van der Waals surface area contributed by atoms with Gasteiger partial charge in [0.1, 0.15) is 23.6 Å². The van der Waals surface area contributed by atoms with Gasteiger partial charge in [0.05, 0.1) is 6.10 Å². The van der Waals surface area contributed by atoms with Crippen molar-refractivity contribution in [3.8, 4) is 5.75 Å². The van der Waals surface area contributed by atoms with Crippen molar-refractivity contribution < 1.29 is 19.1 Å². The highest BCUT2D eigenvalue weighted by molar-refractivity contribution is 8.14. The number of thioether (sulfide) groups is 1. The molecule has 0 saturated heterocycles. The van der Waals surface area contributed by atoms with Crippen LogP contribution in [-0.4, -0.2) is 33.1 Å². The number of hydrogen-bond acceptors (Lipinski definition) is 5. The van der Waals surface area contributed by atoms with E-state index in [2.05, 4.69) is 6.07 Å². The van der Waals surface area contributed by atoms with Crippen LogP contribution in [0.2, 0.25) is 0 Å². The fourth-order valence-corrected chi connectivity index (χ4v) is 5.18. The van der Waals surface area contributed by atoms with Crippen LogP contribution < -0.4 is 4.74 Å². The molecule has 0 spiro atoms. The Morgan fingerprint density at radius 1 is 1.21 bits per heavy atom. The van der Waals surface area contributed by atoms with Gasteiger partial charge in [0.2, 0.25) is 5.12 Å². The average molecular weight is 416 g/mol. The van der Waals surface area contributed by atoms with Gasteiger partial charge in [-0.2, -0.15) is 0 Å². The maximum Gasteiger partial charge on any atom is 0.326 e. The molecule has 0 bridgehead atoms. The van der Waals surface area contributed by atoms with Crippen molar-refractivity contribution in [3.63, 3.8) is 0 Å². The minimum absolute atomic E-state index is 0.0285. The summed E-state index contributed by atoms with van der Waals surface area (Å²) < 4.78 is 13.6. The number of rotatable bonds is 4. The smallest absolute Gasteiger partial charge is 0.326 e. The molecule has 2 aromatic rings. The summed E-state index contributed by atoms with van der Waals surface area (Å²) in [6.07, 6.45) is 7.03. The second-order valence-corrected chi connectivity index (χ2v) is 10.0. The first kappa shape index (κ1) is 20.3. The van der Waals surface area contributed by atoms with Crippen molar-refractivity contribution >= 4 is 33.7 Å². The second kappa shape index (κ2) is 8.05. The summed E-state index contributed by atoms with van der Waals surface area (Å²) in [4.78, 5) is 25.2. The van der Waals surface area contributed by atoms with E-state index in [9.17, 15) is 9.59 Å². The van der Waals surface area contributed by atoms with Gasteiger partial charge in [0.25, 0.3) is 0 Å². The molecule has 0 N–H and O–H groups in total. The molecule has 156 valence electrons. The normalized spacial score (nSPS) is 18.0. The SMILES string of the molecule is CC(C)(C)OC(=O)Cn1c2c(c3cc(OC4CCCCC4)ccc31)CCSC2=O. The average Bonchev–Trinajstić information content (AvgIpc) is 2.95. The van der Waals surface area contributed by atoms with Gasteiger partial charge in [-0.15, -0.1) is 0 Å². The largest absolute Gasteiger partial charge is 0.490 e. The minimum atomic E-state index is -0.556. The first-order valence-electron chi connectivity index (χ1n) is 10.5. The van der Waals surface area contributed by atoms with Gasteiger partial charge in [-0.1, -0.05) is 18.2 Å². The van der Waals surface area contributed by atoms with E-state index in [-0.39, 0.29) is 23.7 Å². The van der Waals surface area contributed by atoms with E-state index in [1.807, 2.05) is 37.5 Å². The Labute approximate surface area is 176 Å². The third-order valence-electron chi connectivity index (χ3n) is 5.48. The van der Waals surface area contributed by atoms with Crippen molar-refractivity contribution in [2.24, 2.45) is 0 Å². The molecule has 0 amide bonds. The number of fused-ring (bicyclic) bond motifs is 3. The molecule has 1 aromatic heterocycles. The molecule has 29 heavy (non-hydrogen) atoms. The number of aromatic nitrogens is 1. The van der Waals surface area contributed by atoms with Gasteiger partial charge in [-0.05, 0) is 76.6 Å². The molecule has 2 heterocycles. The molecule has 6 heteroatoms. The number of ether oxygens (including phenoxy) is 2. The van der Waals surface area contributed by atoms with E-state index in [0.717, 1.165) is 47.2 Å². The lowest BCUT2D eigenvalue weighted by Gasteiger charge is -2.23. The predicted molar refractivity (Wildman–Crippen MR) is 116 cm³/mol. The lowest BCUT2D eigenvalue weighted by Crippen LogP contribution is -2.27. The molecule has 1 aliphatic carbocycles. The summed E-state index contributed by atoms with van der Waals surface area (Å²) in [7, 11) is 0.